The number of fused-ring (bicyclic) bond motifs is 1. The lowest BCUT2D eigenvalue weighted by molar-refractivity contribution is -0.127. The summed E-state index contributed by atoms with van der Waals surface area (Å²) in [6.07, 6.45) is 0. The SMILES string of the molecule is CC(C)CN1C(=O)C(C)(C)COc2ccc(NC(=O)Nc3cccs3)cc21. The lowest BCUT2D eigenvalue weighted by Crippen LogP contribution is -2.43. The molecule has 0 unspecified atom stereocenters. The topological polar surface area (TPSA) is 70.7 Å². The molecule has 2 heterocycles. The van der Waals surface area contributed by atoms with Crippen molar-refractivity contribution in [2.75, 3.05) is 28.7 Å². The summed E-state index contributed by atoms with van der Waals surface area (Å²) < 4.78 is 5.90. The molecule has 144 valence electrons. The van der Waals surface area contributed by atoms with Crippen LogP contribution in [0.4, 0.5) is 21.2 Å². The minimum Gasteiger partial charge on any atom is -0.490 e. The number of hydrogen-bond acceptors (Lipinski definition) is 4. The van der Waals surface area contributed by atoms with Gasteiger partial charge in [0.1, 0.15) is 12.4 Å². The number of nitrogens with zero attached hydrogens (tertiary/aromatic N) is 1. The number of nitrogens with one attached hydrogen (secondary N) is 2. The van der Waals surface area contributed by atoms with Gasteiger partial charge in [-0.1, -0.05) is 13.8 Å². The zero-order valence-electron chi connectivity index (χ0n) is 16.0. The molecule has 1 aliphatic rings. The second-order valence-corrected chi connectivity index (χ2v) is 8.67. The number of amides is 3. The first-order valence-corrected chi connectivity index (χ1v) is 9.84. The van der Waals surface area contributed by atoms with Crippen molar-refractivity contribution in [3.63, 3.8) is 0 Å². The Morgan fingerprint density at radius 3 is 2.74 bits per heavy atom. The third-order valence-electron chi connectivity index (χ3n) is 4.23. The van der Waals surface area contributed by atoms with Crippen molar-refractivity contribution in [2.45, 2.75) is 27.7 Å². The Balaban J connectivity index is 1.87. The van der Waals surface area contributed by atoms with Crippen LogP contribution in [-0.4, -0.2) is 25.1 Å². The van der Waals surface area contributed by atoms with Crippen LogP contribution in [-0.2, 0) is 4.79 Å². The van der Waals surface area contributed by atoms with Crippen LogP contribution in [0.1, 0.15) is 27.7 Å². The molecule has 1 aromatic carbocycles. The second-order valence-electron chi connectivity index (χ2n) is 7.72. The number of hydrogen-bond donors (Lipinski definition) is 2. The van der Waals surface area contributed by atoms with E-state index in [0.29, 0.717) is 36.2 Å². The minimum atomic E-state index is -0.613. The maximum atomic E-state index is 13.1. The van der Waals surface area contributed by atoms with Gasteiger partial charge in [0.2, 0.25) is 5.91 Å². The molecule has 0 fully saturated rings. The number of ether oxygens (including phenoxy) is 1. The maximum absolute atomic E-state index is 13.1. The highest BCUT2D eigenvalue weighted by atomic mass is 32.1. The summed E-state index contributed by atoms with van der Waals surface area (Å²) >= 11 is 1.45. The number of carbonyl (C=O) groups is 2. The molecule has 1 aromatic heterocycles. The van der Waals surface area contributed by atoms with Crippen molar-refractivity contribution in [1.82, 2.24) is 0 Å². The molecule has 6 nitrogen and oxygen atoms in total. The van der Waals surface area contributed by atoms with Gasteiger partial charge in [-0.05, 0) is 55.5 Å². The molecule has 1 aliphatic heterocycles. The molecule has 3 amide bonds. The number of thiophene rings is 1. The molecule has 0 aliphatic carbocycles. The molecule has 0 radical (unpaired) electrons. The van der Waals surface area contributed by atoms with Crippen LogP contribution in [0.15, 0.2) is 35.7 Å². The van der Waals surface area contributed by atoms with Crippen LogP contribution in [0.5, 0.6) is 5.75 Å². The van der Waals surface area contributed by atoms with Crippen molar-refractivity contribution in [3.8, 4) is 5.75 Å². The second kappa shape index (κ2) is 7.60. The smallest absolute Gasteiger partial charge is 0.324 e. The number of urea groups is 1. The first-order chi connectivity index (χ1) is 12.8. The van der Waals surface area contributed by atoms with Crippen LogP contribution < -0.4 is 20.3 Å². The number of carbonyl (C=O) groups excluding carboxylic acids is 2. The maximum Gasteiger partial charge on any atom is 0.324 e. The van der Waals surface area contributed by atoms with E-state index in [9.17, 15) is 9.59 Å². The van der Waals surface area contributed by atoms with E-state index in [2.05, 4.69) is 24.5 Å². The molecule has 27 heavy (non-hydrogen) atoms. The fourth-order valence-corrected chi connectivity index (χ4v) is 3.51. The lowest BCUT2D eigenvalue weighted by atomic mass is 9.92. The number of rotatable bonds is 4. The van der Waals surface area contributed by atoms with Crippen molar-refractivity contribution in [3.05, 3.63) is 35.7 Å². The Hall–Kier alpha value is -2.54. The summed E-state index contributed by atoms with van der Waals surface area (Å²) in [6, 6.07) is 8.76. The predicted molar refractivity (Wildman–Crippen MR) is 110 cm³/mol. The first kappa shape index (κ1) is 19.2. The monoisotopic (exact) mass is 387 g/mol. The van der Waals surface area contributed by atoms with E-state index in [1.807, 2.05) is 31.4 Å². The van der Waals surface area contributed by atoms with E-state index in [1.54, 1.807) is 23.1 Å². The van der Waals surface area contributed by atoms with Crippen molar-refractivity contribution in [1.29, 1.82) is 0 Å². The number of anilines is 3. The summed E-state index contributed by atoms with van der Waals surface area (Å²) in [6.45, 7) is 8.83. The highest BCUT2D eigenvalue weighted by Gasteiger charge is 2.38. The summed E-state index contributed by atoms with van der Waals surface area (Å²) in [5, 5.41) is 8.27. The van der Waals surface area contributed by atoms with Crippen LogP contribution in [0.3, 0.4) is 0 Å². The highest BCUT2D eigenvalue weighted by Crippen LogP contribution is 2.38. The van der Waals surface area contributed by atoms with E-state index in [1.165, 1.54) is 11.3 Å². The Morgan fingerprint density at radius 1 is 1.30 bits per heavy atom. The molecule has 2 aromatic rings. The standard InChI is InChI=1S/C20H25N3O3S/c1-13(2)11-23-15-10-14(21-19(25)22-17-6-5-9-27-17)7-8-16(15)26-12-20(3,4)18(23)24/h5-10,13H,11-12H2,1-4H3,(H2,21,22,25). The van der Waals surface area contributed by atoms with Gasteiger partial charge in [-0.25, -0.2) is 4.79 Å². The normalized spacial score (nSPS) is 15.7. The Labute approximate surface area is 163 Å². The molecule has 0 atom stereocenters. The van der Waals surface area contributed by atoms with Gasteiger partial charge in [0, 0.05) is 12.2 Å². The average Bonchev–Trinajstić information content (AvgIpc) is 3.07. The van der Waals surface area contributed by atoms with Gasteiger partial charge in [-0.15, -0.1) is 11.3 Å². The van der Waals surface area contributed by atoms with Gasteiger partial charge in [-0.3, -0.25) is 10.1 Å². The van der Waals surface area contributed by atoms with E-state index >= 15 is 0 Å². The first-order valence-electron chi connectivity index (χ1n) is 8.96. The largest absolute Gasteiger partial charge is 0.490 e. The van der Waals surface area contributed by atoms with E-state index < -0.39 is 5.41 Å². The van der Waals surface area contributed by atoms with Gasteiger partial charge >= 0.3 is 6.03 Å². The van der Waals surface area contributed by atoms with Gasteiger partial charge in [0.15, 0.2) is 0 Å². The Kier molecular flexibility index (Phi) is 5.41. The number of benzene rings is 1. The molecule has 0 bridgehead atoms. The van der Waals surface area contributed by atoms with Crippen LogP contribution in [0, 0.1) is 11.3 Å². The van der Waals surface area contributed by atoms with Crippen LogP contribution >= 0.6 is 11.3 Å². The summed E-state index contributed by atoms with van der Waals surface area (Å²) in [4.78, 5) is 27.0. The zero-order valence-corrected chi connectivity index (χ0v) is 16.9. The highest BCUT2D eigenvalue weighted by molar-refractivity contribution is 7.14. The lowest BCUT2D eigenvalue weighted by Gasteiger charge is -2.29. The van der Waals surface area contributed by atoms with Gasteiger partial charge in [0.25, 0.3) is 0 Å². The molecule has 3 rings (SSSR count). The summed E-state index contributed by atoms with van der Waals surface area (Å²) in [7, 11) is 0. The molecular weight excluding hydrogens is 362 g/mol. The van der Waals surface area contributed by atoms with Crippen LogP contribution in [0.25, 0.3) is 0 Å². The minimum absolute atomic E-state index is 0.0233. The molecule has 7 heteroatoms. The quantitative estimate of drug-likeness (QED) is 0.792. The van der Waals surface area contributed by atoms with Crippen molar-refractivity contribution >= 4 is 39.7 Å². The molecule has 0 saturated heterocycles. The van der Waals surface area contributed by atoms with Gasteiger partial charge in [-0.2, -0.15) is 0 Å². The van der Waals surface area contributed by atoms with Crippen molar-refractivity contribution < 1.29 is 14.3 Å². The fourth-order valence-electron chi connectivity index (χ4n) is 2.89. The van der Waals surface area contributed by atoms with Crippen LogP contribution in [0.2, 0.25) is 0 Å². The van der Waals surface area contributed by atoms with Gasteiger partial charge < -0.3 is 15.0 Å². The average molecular weight is 388 g/mol. The fraction of sp³-hybridized carbons (Fsp3) is 0.400. The molecule has 2 N–H and O–H groups in total. The summed E-state index contributed by atoms with van der Waals surface area (Å²) in [5.41, 5.74) is 0.679. The third-order valence-corrected chi connectivity index (χ3v) is 5.01. The molecular formula is C20H25N3O3S. The Bertz CT molecular complexity index is 831. The van der Waals surface area contributed by atoms with E-state index in [0.717, 1.165) is 5.00 Å². The predicted octanol–water partition coefficient (Wildman–Crippen LogP) is 4.80. The van der Waals surface area contributed by atoms with E-state index in [4.69, 9.17) is 4.74 Å². The van der Waals surface area contributed by atoms with Gasteiger partial charge in [0.05, 0.1) is 16.1 Å². The third kappa shape index (κ3) is 4.42. The van der Waals surface area contributed by atoms with E-state index in [-0.39, 0.29) is 11.9 Å². The molecule has 0 spiro atoms. The van der Waals surface area contributed by atoms with Crippen molar-refractivity contribution in [2.24, 2.45) is 11.3 Å². The zero-order chi connectivity index (χ0) is 19.6. The molecule has 0 saturated carbocycles. The Morgan fingerprint density at radius 2 is 2.07 bits per heavy atom. The summed E-state index contributed by atoms with van der Waals surface area (Å²) in [5.74, 6) is 0.975.